The van der Waals surface area contributed by atoms with Crippen molar-refractivity contribution in [2.45, 2.75) is 25.8 Å². The molecule has 1 unspecified atom stereocenters. The van der Waals surface area contributed by atoms with Crippen molar-refractivity contribution in [1.29, 1.82) is 0 Å². The van der Waals surface area contributed by atoms with Crippen molar-refractivity contribution in [2.24, 2.45) is 5.73 Å². The maximum absolute atomic E-state index is 11.1. The summed E-state index contributed by atoms with van der Waals surface area (Å²) >= 11 is 6.09. The third-order valence-electron chi connectivity index (χ3n) is 3.50. The van der Waals surface area contributed by atoms with Crippen molar-refractivity contribution in [3.8, 4) is 0 Å². The highest BCUT2D eigenvalue weighted by atomic mass is 35.5. The second-order valence-electron chi connectivity index (χ2n) is 5.09. The average Bonchev–Trinajstić information content (AvgIpc) is 2.43. The Balaban J connectivity index is 2.19. The van der Waals surface area contributed by atoms with Crippen LogP contribution in [0.5, 0.6) is 0 Å². The monoisotopic (exact) mass is 304 g/mol. The van der Waals surface area contributed by atoms with Crippen LogP contribution in [-0.4, -0.2) is 11.0 Å². The van der Waals surface area contributed by atoms with Crippen molar-refractivity contribution in [3.63, 3.8) is 0 Å². The summed E-state index contributed by atoms with van der Waals surface area (Å²) in [6.45, 7) is 2.03. The van der Waals surface area contributed by atoms with Gasteiger partial charge in [0.2, 0.25) is 0 Å². The van der Waals surface area contributed by atoms with Gasteiger partial charge in [0.25, 0.3) is 5.69 Å². The molecule has 0 bridgehead atoms. The topological polar surface area (TPSA) is 69.2 Å². The second kappa shape index (κ2) is 6.70. The zero-order valence-corrected chi connectivity index (χ0v) is 12.5. The van der Waals surface area contributed by atoms with Crippen molar-refractivity contribution in [3.05, 3.63) is 74.3 Å². The van der Waals surface area contributed by atoms with Crippen LogP contribution in [0.15, 0.2) is 42.5 Å². The number of nitrogens with two attached hydrogens (primary N) is 1. The minimum Gasteiger partial charge on any atom is -0.327 e. The molecule has 2 rings (SSSR count). The number of hydrogen-bond donors (Lipinski definition) is 1. The standard InChI is InChI=1S/C16H17ClN2O2/c1-11-5-2-3-6-12(11)9-13(18)10-14-15(17)7-4-8-16(14)19(20)21/h2-8,13H,9-10,18H2,1H3. The SMILES string of the molecule is Cc1ccccc1CC(N)Cc1c(Cl)cccc1[N+](=O)[O-]. The van der Waals surface area contributed by atoms with E-state index in [4.69, 9.17) is 17.3 Å². The normalized spacial score (nSPS) is 12.1. The molecule has 2 aromatic carbocycles. The van der Waals surface area contributed by atoms with Crippen LogP contribution in [0, 0.1) is 17.0 Å². The number of hydrogen-bond acceptors (Lipinski definition) is 3. The van der Waals surface area contributed by atoms with Crippen LogP contribution in [0.25, 0.3) is 0 Å². The first-order chi connectivity index (χ1) is 9.99. The predicted octanol–water partition coefficient (Wildman–Crippen LogP) is 3.67. The van der Waals surface area contributed by atoms with Gasteiger partial charge in [0.15, 0.2) is 0 Å². The summed E-state index contributed by atoms with van der Waals surface area (Å²) < 4.78 is 0. The fourth-order valence-corrected chi connectivity index (χ4v) is 2.62. The molecule has 2 N–H and O–H groups in total. The summed E-state index contributed by atoms with van der Waals surface area (Å²) in [7, 11) is 0. The van der Waals surface area contributed by atoms with Crippen LogP contribution in [0.3, 0.4) is 0 Å². The van der Waals surface area contributed by atoms with Crippen LogP contribution < -0.4 is 5.73 Å². The van der Waals surface area contributed by atoms with Gasteiger partial charge >= 0.3 is 0 Å². The van der Waals surface area contributed by atoms with Crippen LogP contribution in [0.4, 0.5) is 5.69 Å². The van der Waals surface area contributed by atoms with Gasteiger partial charge in [-0.25, -0.2) is 0 Å². The molecule has 0 radical (unpaired) electrons. The van der Waals surface area contributed by atoms with Gasteiger partial charge in [-0.05, 0) is 37.0 Å². The Hall–Kier alpha value is -1.91. The minimum absolute atomic E-state index is 0.0303. The van der Waals surface area contributed by atoms with Crippen molar-refractivity contribution in [2.75, 3.05) is 0 Å². The summed E-state index contributed by atoms with van der Waals surface area (Å²) in [5.74, 6) is 0. The Labute approximate surface area is 128 Å². The summed E-state index contributed by atoms with van der Waals surface area (Å²) in [5, 5.41) is 11.5. The van der Waals surface area contributed by atoms with Gasteiger partial charge < -0.3 is 5.73 Å². The van der Waals surface area contributed by atoms with Crippen molar-refractivity contribution < 1.29 is 4.92 Å². The third kappa shape index (κ3) is 3.80. The molecule has 0 aliphatic heterocycles. The Kier molecular flexibility index (Phi) is 4.94. The Bertz CT molecular complexity index is 658. The van der Waals surface area contributed by atoms with Gasteiger partial charge in [-0.2, -0.15) is 0 Å². The van der Waals surface area contributed by atoms with Gasteiger partial charge in [0.1, 0.15) is 0 Å². The molecule has 5 heteroatoms. The quantitative estimate of drug-likeness (QED) is 0.677. The van der Waals surface area contributed by atoms with E-state index in [1.54, 1.807) is 12.1 Å². The van der Waals surface area contributed by atoms with Gasteiger partial charge in [-0.1, -0.05) is 41.9 Å². The fourth-order valence-electron chi connectivity index (χ4n) is 2.38. The van der Waals surface area contributed by atoms with Crippen molar-refractivity contribution in [1.82, 2.24) is 0 Å². The third-order valence-corrected chi connectivity index (χ3v) is 3.85. The van der Waals surface area contributed by atoms with Gasteiger partial charge in [0, 0.05) is 17.7 Å². The van der Waals surface area contributed by atoms with E-state index in [1.807, 2.05) is 31.2 Å². The molecule has 0 saturated carbocycles. The number of nitro groups is 1. The number of aryl methyl sites for hydroxylation is 1. The molecule has 0 spiro atoms. The van der Waals surface area contributed by atoms with E-state index in [0.29, 0.717) is 23.4 Å². The number of rotatable bonds is 5. The van der Waals surface area contributed by atoms with Gasteiger partial charge in [-0.3, -0.25) is 10.1 Å². The number of halogens is 1. The van der Waals surface area contributed by atoms with Gasteiger partial charge in [0.05, 0.1) is 9.95 Å². The molecule has 0 fully saturated rings. The maximum atomic E-state index is 11.1. The molecule has 0 aliphatic rings. The lowest BCUT2D eigenvalue weighted by atomic mass is 9.96. The van der Waals surface area contributed by atoms with Crippen molar-refractivity contribution >= 4 is 17.3 Å². The molecule has 0 aliphatic carbocycles. The molecule has 0 amide bonds. The summed E-state index contributed by atoms with van der Waals surface area (Å²) in [5.41, 5.74) is 9.02. The maximum Gasteiger partial charge on any atom is 0.274 e. The lowest BCUT2D eigenvalue weighted by molar-refractivity contribution is -0.385. The molecule has 2 aromatic rings. The average molecular weight is 305 g/mol. The fraction of sp³-hybridized carbons (Fsp3) is 0.250. The smallest absolute Gasteiger partial charge is 0.274 e. The molecule has 0 aromatic heterocycles. The molecular weight excluding hydrogens is 288 g/mol. The highest BCUT2D eigenvalue weighted by molar-refractivity contribution is 6.31. The Morgan fingerprint density at radius 2 is 1.90 bits per heavy atom. The number of benzene rings is 2. The first-order valence-electron chi connectivity index (χ1n) is 6.71. The molecule has 0 heterocycles. The van der Waals surface area contributed by atoms with Gasteiger partial charge in [-0.15, -0.1) is 0 Å². The summed E-state index contributed by atoms with van der Waals surface area (Å²) in [4.78, 5) is 10.7. The number of nitrogens with zero attached hydrogens (tertiary/aromatic N) is 1. The summed E-state index contributed by atoms with van der Waals surface area (Å²) in [6, 6.07) is 12.5. The van der Waals surface area contributed by atoms with E-state index in [-0.39, 0.29) is 11.7 Å². The van der Waals surface area contributed by atoms with E-state index >= 15 is 0 Å². The summed E-state index contributed by atoms with van der Waals surface area (Å²) in [6.07, 6.45) is 1.04. The van der Waals surface area contributed by atoms with E-state index in [2.05, 4.69) is 0 Å². The highest BCUT2D eigenvalue weighted by Gasteiger charge is 2.19. The molecule has 4 nitrogen and oxygen atoms in total. The largest absolute Gasteiger partial charge is 0.327 e. The zero-order valence-electron chi connectivity index (χ0n) is 11.8. The molecular formula is C16H17ClN2O2. The zero-order chi connectivity index (χ0) is 15.4. The van der Waals surface area contributed by atoms with Crippen LogP contribution >= 0.6 is 11.6 Å². The van der Waals surface area contributed by atoms with Crippen LogP contribution in [0.2, 0.25) is 5.02 Å². The Morgan fingerprint density at radius 1 is 1.19 bits per heavy atom. The lowest BCUT2D eigenvalue weighted by Crippen LogP contribution is -2.26. The van der Waals surface area contributed by atoms with E-state index < -0.39 is 4.92 Å². The Morgan fingerprint density at radius 3 is 2.57 bits per heavy atom. The highest BCUT2D eigenvalue weighted by Crippen LogP contribution is 2.27. The first kappa shape index (κ1) is 15.5. The van der Waals surface area contributed by atoms with E-state index in [1.165, 1.54) is 11.6 Å². The molecule has 21 heavy (non-hydrogen) atoms. The number of nitro benzene ring substituents is 1. The van der Waals surface area contributed by atoms with Crippen LogP contribution in [0.1, 0.15) is 16.7 Å². The van der Waals surface area contributed by atoms with E-state index in [0.717, 1.165) is 5.56 Å². The molecule has 110 valence electrons. The first-order valence-corrected chi connectivity index (χ1v) is 7.08. The second-order valence-corrected chi connectivity index (χ2v) is 5.50. The minimum atomic E-state index is -0.415. The lowest BCUT2D eigenvalue weighted by Gasteiger charge is -2.14. The van der Waals surface area contributed by atoms with E-state index in [9.17, 15) is 10.1 Å². The molecule has 0 saturated heterocycles. The van der Waals surface area contributed by atoms with Crippen LogP contribution in [-0.2, 0) is 12.8 Å². The predicted molar refractivity (Wildman–Crippen MR) is 84.7 cm³/mol. The molecule has 1 atom stereocenters.